The van der Waals surface area contributed by atoms with E-state index in [2.05, 4.69) is 34.4 Å². The van der Waals surface area contributed by atoms with Crippen LogP contribution in [0.3, 0.4) is 0 Å². The van der Waals surface area contributed by atoms with Crippen LogP contribution in [0.4, 0.5) is 5.13 Å². The minimum Gasteiger partial charge on any atom is -0.353 e. The number of aromatic nitrogens is 1. The molecule has 1 atom stereocenters. The van der Waals surface area contributed by atoms with Crippen LogP contribution in [0.1, 0.15) is 39.5 Å². The first-order chi connectivity index (χ1) is 9.47. The van der Waals surface area contributed by atoms with Crippen molar-refractivity contribution in [3.8, 4) is 0 Å². The van der Waals surface area contributed by atoms with Gasteiger partial charge in [0.15, 0.2) is 5.13 Å². The molecule has 0 aliphatic heterocycles. The van der Waals surface area contributed by atoms with Crippen molar-refractivity contribution in [1.82, 2.24) is 15.6 Å². The van der Waals surface area contributed by atoms with Gasteiger partial charge in [-0.3, -0.25) is 4.79 Å². The van der Waals surface area contributed by atoms with Gasteiger partial charge in [0.2, 0.25) is 5.91 Å². The van der Waals surface area contributed by atoms with E-state index in [0.29, 0.717) is 6.54 Å². The summed E-state index contributed by atoms with van der Waals surface area (Å²) in [5.41, 5.74) is 0. The fourth-order valence-corrected chi connectivity index (χ4v) is 2.76. The largest absolute Gasteiger partial charge is 0.353 e. The van der Waals surface area contributed by atoms with E-state index in [-0.39, 0.29) is 18.0 Å². The Kier molecular flexibility index (Phi) is 6.95. The standard InChI is InChI=1S/C14H26N4OS/c1-6-18(7-2)14-16-9-12(20-14)8-15-11(5)13(19)17-10(3)4/h9-11,15H,6-8H2,1-5H3,(H,17,19). The number of carbonyl (C=O) groups excluding carboxylic acids is 1. The summed E-state index contributed by atoms with van der Waals surface area (Å²) in [5, 5.41) is 7.18. The van der Waals surface area contributed by atoms with Crippen LogP contribution in [0.15, 0.2) is 6.20 Å². The Morgan fingerprint density at radius 3 is 2.55 bits per heavy atom. The lowest BCUT2D eigenvalue weighted by Crippen LogP contribution is -2.44. The molecule has 114 valence electrons. The summed E-state index contributed by atoms with van der Waals surface area (Å²) in [5.74, 6) is 0.0356. The van der Waals surface area contributed by atoms with Crippen LogP contribution in [-0.2, 0) is 11.3 Å². The number of carbonyl (C=O) groups is 1. The Hall–Kier alpha value is -1.14. The molecule has 1 amide bonds. The number of anilines is 1. The molecule has 6 heteroatoms. The maximum atomic E-state index is 11.8. The number of hydrogen-bond donors (Lipinski definition) is 2. The summed E-state index contributed by atoms with van der Waals surface area (Å²) < 4.78 is 0. The minimum absolute atomic E-state index is 0.0356. The topological polar surface area (TPSA) is 57.3 Å². The second-order valence-electron chi connectivity index (χ2n) is 5.05. The van der Waals surface area contributed by atoms with E-state index in [4.69, 9.17) is 0 Å². The molecular weight excluding hydrogens is 272 g/mol. The number of rotatable bonds is 8. The van der Waals surface area contributed by atoms with E-state index in [1.807, 2.05) is 27.0 Å². The van der Waals surface area contributed by atoms with Crippen molar-refractivity contribution >= 4 is 22.4 Å². The summed E-state index contributed by atoms with van der Waals surface area (Å²) in [6, 6.07) is -0.0270. The molecule has 1 unspecified atom stereocenters. The van der Waals surface area contributed by atoms with Crippen LogP contribution >= 0.6 is 11.3 Å². The molecule has 0 aromatic carbocycles. The zero-order valence-corrected chi connectivity index (χ0v) is 13.9. The monoisotopic (exact) mass is 298 g/mol. The fraction of sp³-hybridized carbons (Fsp3) is 0.714. The lowest BCUT2D eigenvalue weighted by Gasteiger charge is -2.16. The number of nitrogens with zero attached hydrogens (tertiary/aromatic N) is 2. The van der Waals surface area contributed by atoms with Gasteiger partial charge in [0, 0.05) is 36.8 Å². The Balaban J connectivity index is 2.48. The summed E-state index contributed by atoms with van der Waals surface area (Å²) in [4.78, 5) is 19.6. The van der Waals surface area contributed by atoms with Gasteiger partial charge in [-0.25, -0.2) is 4.98 Å². The third-order valence-electron chi connectivity index (χ3n) is 2.98. The highest BCUT2D eigenvalue weighted by molar-refractivity contribution is 7.15. The van der Waals surface area contributed by atoms with Gasteiger partial charge in [0.05, 0.1) is 6.04 Å². The maximum absolute atomic E-state index is 11.8. The van der Waals surface area contributed by atoms with Crippen LogP contribution < -0.4 is 15.5 Å². The van der Waals surface area contributed by atoms with Crippen LogP contribution in [-0.4, -0.2) is 36.1 Å². The van der Waals surface area contributed by atoms with Gasteiger partial charge in [0.1, 0.15) is 0 Å². The molecule has 1 aromatic rings. The molecule has 5 nitrogen and oxygen atoms in total. The van der Waals surface area contributed by atoms with Gasteiger partial charge < -0.3 is 15.5 Å². The average Bonchev–Trinajstić information content (AvgIpc) is 2.85. The van der Waals surface area contributed by atoms with Gasteiger partial charge in [-0.15, -0.1) is 11.3 Å². The third kappa shape index (κ3) is 5.09. The van der Waals surface area contributed by atoms with Crippen molar-refractivity contribution in [3.63, 3.8) is 0 Å². The molecule has 0 bridgehead atoms. The van der Waals surface area contributed by atoms with Crippen molar-refractivity contribution in [2.45, 2.75) is 53.2 Å². The van der Waals surface area contributed by atoms with E-state index in [1.54, 1.807) is 11.3 Å². The Morgan fingerprint density at radius 1 is 1.35 bits per heavy atom. The molecule has 0 spiro atoms. The van der Waals surface area contributed by atoms with Gasteiger partial charge in [-0.1, -0.05) is 0 Å². The summed E-state index contributed by atoms with van der Waals surface area (Å²) >= 11 is 1.68. The lowest BCUT2D eigenvalue weighted by atomic mass is 10.3. The maximum Gasteiger partial charge on any atom is 0.237 e. The molecule has 0 aliphatic rings. The summed E-state index contributed by atoms with van der Waals surface area (Å²) in [7, 11) is 0. The molecule has 2 N–H and O–H groups in total. The van der Waals surface area contributed by atoms with Gasteiger partial charge in [-0.05, 0) is 34.6 Å². The summed E-state index contributed by atoms with van der Waals surface area (Å²) in [6.07, 6.45) is 1.89. The Bertz CT molecular complexity index is 415. The quantitative estimate of drug-likeness (QED) is 0.770. The van der Waals surface area contributed by atoms with Crippen molar-refractivity contribution in [3.05, 3.63) is 11.1 Å². The smallest absolute Gasteiger partial charge is 0.237 e. The molecule has 0 radical (unpaired) electrons. The van der Waals surface area contributed by atoms with Gasteiger partial charge in [-0.2, -0.15) is 0 Å². The number of amides is 1. The van der Waals surface area contributed by atoms with Crippen molar-refractivity contribution < 1.29 is 4.79 Å². The molecule has 1 rings (SSSR count). The molecule has 0 fully saturated rings. The molecule has 1 aromatic heterocycles. The predicted molar refractivity (Wildman–Crippen MR) is 85.3 cm³/mol. The van der Waals surface area contributed by atoms with E-state index in [1.165, 1.54) is 0 Å². The second kappa shape index (κ2) is 8.21. The highest BCUT2D eigenvalue weighted by Crippen LogP contribution is 2.22. The zero-order valence-electron chi connectivity index (χ0n) is 13.1. The lowest BCUT2D eigenvalue weighted by molar-refractivity contribution is -0.123. The summed E-state index contributed by atoms with van der Waals surface area (Å²) in [6.45, 7) is 12.7. The van der Waals surface area contributed by atoms with E-state index < -0.39 is 0 Å². The van der Waals surface area contributed by atoms with Crippen molar-refractivity contribution in [2.75, 3.05) is 18.0 Å². The van der Waals surface area contributed by atoms with Gasteiger partial charge in [0.25, 0.3) is 0 Å². The number of hydrogen-bond acceptors (Lipinski definition) is 5. The molecule has 1 heterocycles. The minimum atomic E-state index is -0.198. The van der Waals surface area contributed by atoms with Crippen LogP contribution in [0.25, 0.3) is 0 Å². The molecule has 0 aliphatic carbocycles. The second-order valence-corrected chi connectivity index (χ2v) is 6.14. The molecule has 0 saturated carbocycles. The van der Waals surface area contributed by atoms with Crippen molar-refractivity contribution in [1.29, 1.82) is 0 Å². The van der Waals surface area contributed by atoms with E-state index >= 15 is 0 Å². The highest BCUT2D eigenvalue weighted by Gasteiger charge is 2.14. The zero-order chi connectivity index (χ0) is 15.1. The van der Waals surface area contributed by atoms with E-state index in [9.17, 15) is 4.79 Å². The SMILES string of the molecule is CCN(CC)c1ncc(CNC(C)C(=O)NC(C)C)s1. The number of thiazole rings is 1. The normalized spacial score (nSPS) is 12.5. The third-order valence-corrected chi connectivity index (χ3v) is 4.04. The first kappa shape index (κ1) is 16.9. The first-order valence-corrected chi connectivity index (χ1v) is 8.02. The molecular formula is C14H26N4OS. The highest BCUT2D eigenvalue weighted by atomic mass is 32.1. The Morgan fingerprint density at radius 2 is 2.00 bits per heavy atom. The van der Waals surface area contributed by atoms with Crippen LogP contribution in [0.2, 0.25) is 0 Å². The Labute approximate surface area is 125 Å². The predicted octanol–water partition coefficient (Wildman–Crippen LogP) is 1.99. The van der Waals surface area contributed by atoms with E-state index in [0.717, 1.165) is 23.1 Å². The van der Waals surface area contributed by atoms with Crippen LogP contribution in [0.5, 0.6) is 0 Å². The molecule has 20 heavy (non-hydrogen) atoms. The molecule has 0 saturated heterocycles. The first-order valence-electron chi connectivity index (χ1n) is 7.21. The van der Waals surface area contributed by atoms with Crippen molar-refractivity contribution in [2.24, 2.45) is 0 Å². The van der Waals surface area contributed by atoms with Gasteiger partial charge >= 0.3 is 0 Å². The van der Waals surface area contributed by atoms with Crippen LogP contribution in [0, 0.1) is 0 Å². The average molecular weight is 298 g/mol. The fourth-order valence-electron chi connectivity index (χ4n) is 1.78. The number of nitrogens with one attached hydrogen (secondary N) is 2.